The molecule has 0 bridgehead atoms. The van der Waals surface area contributed by atoms with E-state index in [1.165, 1.54) is 12.1 Å². The fourth-order valence-corrected chi connectivity index (χ4v) is 3.05. The van der Waals surface area contributed by atoms with Gasteiger partial charge < -0.3 is 5.32 Å². The summed E-state index contributed by atoms with van der Waals surface area (Å²) in [5.74, 6) is 0.982. The quantitative estimate of drug-likeness (QED) is 0.572. The van der Waals surface area contributed by atoms with Crippen molar-refractivity contribution in [2.75, 3.05) is 5.32 Å². The molecule has 130 valence electrons. The summed E-state index contributed by atoms with van der Waals surface area (Å²) in [6, 6.07) is 15.6. The number of hydrogen-bond donors (Lipinski definition) is 2. The van der Waals surface area contributed by atoms with Crippen molar-refractivity contribution < 1.29 is 8.42 Å². The summed E-state index contributed by atoms with van der Waals surface area (Å²) < 4.78 is 24.3. The van der Waals surface area contributed by atoms with E-state index >= 15 is 0 Å². The standard InChI is InChI=1S/C17H14N6O2S/c18-26(24,25)14-7-5-13(6-8-14)21-17-19-10-9-16(22-17)23-15-4-2-1-3-12(15)11-20-23/h1-11H,(H2,18,24,25)(H,19,21,22). The maximum absolute atomic E-state index is 11.3. The molecule has 4 rings (SSSR count). The van der Waals surface area contributed by atoms with Crippen LogP contribution in [0.3, 0.4) is 0 Å². The van der Waals surface area contributed by atoms with Crippen LogP contribution in [-0.4, -0.2) is 28.2 Å². The van der Waals surface area contributed by atoms with Crippen LogP contribution in [0.1, 0.15) is 0 Å². The third-order valence-corrected chi connectivity index (χ3v) is 4.70. The van der Waals surface area contributed by atoms with Crippen LogP contribution in [0.2, 0.25) is 0 Å². The van der Waals surface area contributed by atoms with E-state index in [1.54, 1.807) is 35.3 Å². The Morgan fingerprint density at radius 1 is 1.00 bits per heavy atom. The highest BCUT2D eigenvalue weighted by molar-refractivity contribution is 7.89. The van der Waals surface area contributed by atoms with E-state index in [0.717, 1.165) is 10.9 Å². The number of hydrogen-bond acceptors (Lipinski definition) is 6. The molecule has 0 amide bonds. The monoisotopic (exact) mass is 366 g/mol. The van der Waals surface area contributed by atoms with Gasteiger partial charge in [-0.15, -0.1) is 0 Å². The van der Waals surface area contributed by atoms with E-state index in [2.05, 4.69) is 20.4 Å². The lowest BCUT2D eigenvalue weighted by molar-refractivity contribution is 0.598. The number of para-hydroxylation sites is 1. The molecule has 2 heterocycles. The maximum Gasteiger partial charge on any atom is 0.238 e. The highest BCUT2D eigenvalue weighted by Crippen LogP contribution is 2.19. The zero-order valence-corrected chi connectivity index (χ0v) is 14.3. The van der Waals surface area contributed by atoms with E-state index in [4.69, 9.17) is 5.14 Å². The summed E-state index contributed by atoms with van der Waals surface area (Å²) in [6.45, 7) is 0. The number of anilines is 2. The molecule has 0 atom stereocenters. The van der Waals surface area contributed by atoms with Gasteiger partial charge in [0.15, 0.2) is 5.82 Å². The Morgan fingerprint density at radius 3 is 2.54 bits per heavy atom. The van der Waals surface area contributed by atoms with Gasteiger partial charge in [-0.3, -0.25) is 0 Å². The van der Waals surface area contributed by atoms with Crippen LogP contribution < -0.4 is 10.5 Å². The number of sulfonamides is 1. The minimum Gasteiger partial charge on any atom is -0.324 e. The highest BCUT2D eigenvalue weighted by Gasteiger charge is 2.09. The van der Waals surface area contributed by atoms with Gasteiger partial charge in [-0.2, -0.15) is 10.1 Å². The van der Waals surface area contributed by atoms with Crippen molar-refractivity contribution in [2.45, 2.75) is 4.90 Å². The van der Waals surface area contributed by atoms with E-state index in [-0.39, 0.29) is 4.90 Å². The Bertz CT molecular complexity index is 1190. The Hall–Kier alpha value is -3.30. The number of fused-ring (bicyclic) bond motifs is 1. The normalized spacial score (nSPS) is 11.6. The van der Waals surface area contributed by atoms with Crippen molar-refractivity contribution in [3.8, 4) is 5.82 Å². The Kier molecular flexibility index (Phi) is 3.86. The minimum absolute atomic E-state index is 0.0423. The van der Waals surface area contributed by atoms with E-state index in [1.807, 2.05) is 24.3 Å². The SMILES string of the molecule is NS(=O)(=O)c1ccc(Nc2nccc(-n3ncc4ccccc43)n2)cc1. The maximum atomic E-state index is 11.3. The van der Waals surface area contributed by atoms with Crippen molar-refractivity contribution in [1.29, 1.82) is 0 Å². The molecule has 0 saturated carbocycles. The molecule has 9 heteroatoms. The topological polar surface area (TPSA) is 116 Å². The van der Waals surface area contributed by atoms with Crippen LogP contribution in [0.15, 0.2) is 71.9 Å². The molecule has 26 heavy (non-hydrogen) atoms. The third-order valence-electron chi connectivity index (χ3n) is 3.77. The molecule has 3 N–H and O–H groups in total. The van der Waals surface area contributed by atoms with Gasteiger partial charge in [0.1, 0.15) is 0 Å². The molecule has 0 aliphatic carbocycles. The first-order valence-corrected chi connectivity index (χ1v) is 9.21. The predicted molar refractivity (Wildman–Crippen MR) is 97.8 cm³/mol. The van der Waals surface area contributed by atoms with Crippen LogP contribution >= 0.6 is 0 Å². The van der Waals surface area contributed by atoms with Crippen molar-refractivity contribution in [1.82, 2.24) is 19.7 Å². The van der Waals surface area contributed by atoms with Gasteiger partial charge in [0, 0.05) is 23.3 Å². The zero-order chi connectivity index (χ0) is 18.1. The molecule has 0 fully saturated rings. The highest BCUT2D eigenvalue weighted by atomic mass is 32.2. The largest absolute Gasteiger partial charge is 0.324 e. The number of nitrogens with one attached hydrogen (secondary N) is 1. The summed E-state index contributed by atoms with van der Waals surface area (Å²) in [5, 5.41) is 13.5. The fourth-order valence-electron chi connectivity index (χ4n) is 2.54. The van der Waals surface area contributed by atoms with Crippen molar-refractivity contribution in [3.05, 3.63) is 67.0 Å². The van der Waals surface area contributed by atoms with Crippen LogP contribution in [0.25, 0.3) is 16.7 Å². The van der Waals surface area contributed by atoms with Gasteiger partial charge in [0.2, 0.25) is 16.0 Å². The minimum atomic E-state index is -3.72. The predicted octanol–water partition coefficient (Wildman–Crippen LogP) is 2.21. The van der Waals surface area contributed by atoms with Gasteiger partial charge in [-0.1, -0.05) is 18.2 Å². The Morgan fingerprint density at radius 2 is 1.77 bits per heavy atom. The number of aromatic nitrogens is 4. The molecule has 0 saturated heterocycles. The first kappa shape index (κ1) is 16.2. The van der Waals surface area contributed by atoms with Crippen LogP contribution in [0.5, 0.6) is 0 Å². The number of nitrogens with zero attached hydrogens (tertiary/aromatic N) is 4. The number of primary sulfonamides is 1. The van der Waals surface area contributed by atoms with Crippen LogP contribution in [0, 0.1) is 0 Å². The molecule has 0 aliphatic rings. The summed E-state index contributed by atoms with van der Waals surface area (Å²) in [4.78, 5) is 8.70. The van der Waals surface area contributed by atoms with Crippen molar-refractivity contribution in [3.63, 3.8) is 0 Å². The lowest BCUT2D eigenvalue weighted by Crippen LogP contribution is -2.11. The molecular weight excluding hydrogens is 352 g/mol. The molecular formula is C17H14N6O2S. The molecule has 0 unspecified atom stereocenters. The molecule has 0 spiro atoms. The first-order chi connectivity index (χ1) is 12.5. The van der Waals surface area contributed by atoms with Gasteiger partial charge in [-0.25, -0.2) is 23.2 Å². The second kappa shape index (κ2) is 6.21. The van der Waals surface area contributed by atoms with E-state index in [9.17, 15) is 8.42 Å². The Balaban J connectivity index is 1.64. The number of nitrogens with two attached hydrogens (primary N) is 1. The second-order valence-electron chi connectivity index (χ2n) is 5.55. The lowest BCUT2D eigenvalue weighted by Gasteiger charge is -2.08. The first-order valence-electron chi connectivity index (χ1n) is 7.67. The van der Waals surface area contributed by atoms with Crippen molar-refractivity contribution >= 4 is 32.6 Å². The average molecular weight is 366 g/mol. The summed E-state index contributed by atoms with van der Waals surface area (Å²) in [6.07, 6.45) is 3.40. The molecule has 0 aliphatic heterocycles. The van der Waals surface area contributed by atoms with Crippen LogP contribution in [0.4, 0.5) is 11.6 Å². The Labute approximate surface area is 149 Å². The molecule has 0 radical (unpaired) electrons. The van der Waals surface area contributed by atoms with Gasteiger partial charge in [0.25, 0.3) is 0 Å². The smallest absolute Gasteiger partial charge is 0.238 e. The number of rotatable bonds is 4. The van der Waals surface area contributed by atoms with E-state index < -0.39 is 10.0 Å². The lowest BCUT2D eigenvalue weighted by atomic mass is 10.2. The van der Waals surface area contributed by atoms with Gasteiger partial charge >= 0.3 is 0 Å². The molecule has 2 aromatic carbocycles. The summed E-state index contributed by atoms with van der Waals surface area (Å²) in [7, 11) is -3.72. The van der Waals surface area contributed by atoms with Gasteiger partial charge in [0.05, 0.1) is 16.6 Å². The number of benzene rings is 2. The molecule has 8 nitrogen and oxygen atoms in total. The average Bonchev–Trinajstić information content (AvgIpc) is 3.06. The summed E-state index contributed by atoms with van der Waals surface area (Å²) in [5.41, 5.74) is 1.58. The van der Waals surface area contributed by atoms with E-state index in [0.29, 0.717) is 17.5 Å². The van der Waals surface area contributed by atoms with Crippen LogP contribution in [-0.2, 0) is 10.0 Å². The molecule has 4 aromatic rings. The summed E-state index contributed by atoms with van der Waals surface area (Å²) >= 11 is 0. The zero-order valence-electron chi connectivity index (χ0n) is 13.4. The molecule has 2 aromatic heterocycles. The third kappa shape index (κ3) is 3.13. The van der Waals surface area contributed by atoms with Crippen molar-refractivity contribution in [2.24, 2.45) is 5.14 Å². The van der Waals surface area contributed by atoms with Gasteiger partial charge in [-0.05, 0) is 30.3 Å². The second-order valence-corrected chi connectivity index (χ2v) is 7.11. The fraction of sp³-hybridized carbons (Fsp3) is 0.